The van der Waals surface area contributed by atoms with Gasteiger partial charge in [0.05, 0.1) is 40.0 Å². The molecule has 9 heteroatoms. The SMILES string of the molecule is O=C1OCc2c(cc3n(c2=O)Cc2c-3nc3ccc4nccnc4c3c2CCCCBr)C1O. The molecule has 33 heavy (non-hydrogen) atoms. The molecule has 0 amide bonds. The highest BCUT2D eigenvalue weighted by molar-refractivity contribution is 9.09. The summed E-state index contributed by atoms with van der Waals surface area (Å²) in [6.07, 6.45) is 4.69. The average molecular weight is 507 g/mol. The normalized spacial score (nSPS) is 16.5. The van der Waals surface area contributed by atoms with Gasteiger partial charge in [0.15, 0.2) is 6.10 Å². The molecule has 1 aromatic carbocycles. The van der Waals surface area contributed by atoms with Crippen LogP contribution < -0.4 is 5.56 Å². The zero-order chi connectivity index (χ0) is 22.7. The van der Waals surface area contributed by atoms with Crippen LogP contribution in [-0.4, -0.2) is 35.9 Å². The van der Waals surface area contributed by atoms with Gasteiger partial charge in [0, 0.05) is 34.2 Å². The number of alkyl halides is 1. The van der Waals surface area contributed by atoms with Crippen molar-refractivity contribution >= 4 is 43.8 Å². The Balaban J connectivity index is 1.64. The van der Waals surface area contributed by atoms with Crippen molar-refractivity contribution in [2.45, 2.75) is 38.5 Å². The number of carbonyl (C=O) groups is 1. The van der Waals surface area contributed by atoms with Crippen LogP contribution in [0.1, 0.15) is 41.2 Å². The molecule has 4 aromatic rings. The predicted octanol–water partition coefficient (Wildman–Crippen LogP) is 3.18. The number of aliphatic hydroxyl groups is 1. The van der Waals surface area contributed by atoms with Gasteiger partial charge >= 0.3 is 5.97 Å². The second kappa shape index (κ2) is 7.71. The summed E-state index contributed by atoms with van der Waals surface area (Å²) in [5.74, 6) is -0.739. The maximum Gasteiger partial charge on any atom is 0.340 e. The van der Waals surface area contributed by atoms with Crippen LogP contribution in [-0.2, 0) is 29.1 Å². The van der Waals surface area contributed by atoms with E-state index in [2.05, 4.69) is 25.9 Å². The van der Waals surface area contributed by atoms with Crippen molar-refractivity contribution < 1.29 is 14.6 Å². The van der Waals surface area contributed by atoms with Gasteiger partial charge in [0.25, 0.3) is 5.56 Å². The number of aromatic nitrogens is 4. The summed E-state index contributed by atoms with van der Waals surface area (Å²) in [5, 5.41) is 12.2. The highest BCUT2D eigenvalue weighted by Gasteiger charge is 2.34. The summed E-state index contributed by atoms with van der Waals surface area (Å²) in [6.45, 7) is 0.248. The van der Waals surface area contributed by atoms with Gasteiger partial charge in [-0.15, -0.1) is 0 Å². The van der Waals surface area contributed by atoms with E-state index >= 15 is 0 Å². The van der Waals surface area contributed by atoms with Gasteiger partial charge < -0.3 is 14.4 Å². The Bertz CT molecular complexity index is 1530. The Morgan fingerprint density at radius 3 is 2.79 bits per heavy atom. The van der Waals surface area contributed by atoms with E-state index in [0.29, 0.717) is 29.1 Å². The van der Waals surface area contributed by atoms with Crippen molar-refractivity contribution in [2.24, 2.45) is 0 Å². The van der Waals surface area contributed by atoms with Gasteiger partial charge in [0.1, 0.15) is 6.61 Å². The van der Waals surface area contributed by atoms with Crippen LogP contribution in [0.5, 0.6) is 0 Å². The van der Waals surface area contributed by atoms with E-state index in [0.717, 1.165) is 57.7 Å². The van der Waals surface area contributed by atoms with E-state index in [4.69, 9.17) is 9.72 Å². The van der Waals surface area contributed by atoms with Crippen LogP contribution in [0.4, 0.5) is 0 Å². The third kappa shape index (κ3) is 3.02. The summed E-state index contributed by atoms with van der Waals surface area (Å²) in [4.78, 5) is 39.2. The first-order valence-corrected chi connectivity index (χ1v) is 11.9. The predicted molar refractivity (Wildman–Crippen MR) is 125 cm³/mol. The Hall–Kier alpha value is -3.17. The Morgan fingerprint density at radius 1 is 1.12 bits per heavy atom. The molecule has 0 bridgehead atoms. The first-order chi connectivity index (χ1) is 16.1. The molecule has 2 aliphatic rings. The van der Waals surface area contributed by atoms with Gasteiger partial charge in [-0.1, -0.05) is 15.9 Å². The lowest BCUT2D eigenvalue weighted by molar-refractivity contribution is -0.157. The summed E-state index contributed by atoms with van der Waals surface area (Å²) < 4.78 is 6.67. The van der Waals surface area contributed by atoms with Crippen LogP contribution in [0.3, 0.4) is 0 Å². The van der Waals surface area contributed by atoms with E-state index in [1.165, 1.54) is 0 Å². The number of cyclic esters (lactones) is 1. The number of carbonyl (C=O) groups excluding carboxylic acids is 1. The largest absolute Gasteiger partial charge is 0.458 e. The van der Waals surface area contributed by atoms with Crippen LogP contribution in [0.25, 0.3) is 33.3 Å². The molecule has 0 fully saturated rings. The van der Waals surface area contributed by atoms with Crippen molar-refractivity contribution in [3.05, 3.63) is 63.2 Å². The van der Waals surface area contributed by atoms with Crippen molar-refractivity contribution in [1.82, 2.24) is 19.5 Å². The number of nitrogens with zero attached hydrogens (tertiary/aromatic N) is 4. The summed E-state index contributed by atoms with van der Waals surface area (Å²) in [5.41, 5.74) is 6.19. The molecule has 6 rings (SSSR count). The monoisotopic (exact) mass is 506 g/mol. The first kappa shape index (κ1) is 20.4. The molecule has 5 heterocycles. The highest BCUT2D eigenvalue weighted by Crippen LogP contribution is 2.39. The molecule has 0 saturated heterocycles. The number of esters is 1. The third-order valence-corrected chi connectivity index (χ3v) is 7.04. The summed E-state index contributed by atoms with van der Waals surface area (Å²) >= 11 is 3.51. The number of hydrogen-bond donors (Lipinski definition) is 1. The molecule has 8 nitrogen and oxygen atoms in total. The van der Waals surface area contributed by atoms with Crippen molar-refractivity contribution in [3.8, 4) is 11.4 Å². The van der Waals surface area contributed by atoms with E-state index in [-0.39, 0.29) is 12.2 Å². The molecular formula is C24H19BrN4O4. The van der Waals surface area contributed by atoms with Crippen molar-refractivity contribution in [1.29, 1.82) is 0 Å². The van der Waals surface area contributed by atoms with Crippen molar-refractivity contribution in [3.63, 3.8) is 0 Å². The van der Waals surface area contributed by atoms with E-state index in [1.54, 1.807) is 23.0 Å². The summed E-state index contributed by atoms with van der Waals surface area (Å²) in [7, 11) is 0. The number of aliphatic hydroxyl groups excluding tert-OH is 1. The Kier molecular flexibility index (Phi) is 4.77. The topological polar surface area (TPSA) is 107 Å². The molecule has 0 spiro atoms. The molecule has 3 aromatic heterocycles. The highest BCUT2D eigenvalue weighted by atomic mass is 79.9. The number of ether oxygens (including phenoxy) is 1. The number of benzene rings is 1. The van der Waals surface area contributed by atoms with E-state index < -0.39 is 12.1 Å². The minimum Gasteiger partial charge on any atom is -0.458 e. The molecule has 0 radical (unpaired) electrons. The minimum absolute atomic E-state index is 0.131. The number of pyridine rings is 2. The van der Waals surface area contributed by atoms with Gasteiger partial charge in [-0.3, -0.25) is 14.8 Å². The number of unbranched alkanes of at least 4 members (excludes halogenated alkanes) is 1. The lowest BCUT2D eigenvalue weighted by atomic mass is 9.95. The quantitative estimate of drug-likeness (QED) is 0.172. The zero-order valence-corrected chi connectivity index (χ0v) is 19.1. The van der Waals surface area contributed by atoms with E-state index in [1.807, 2.05) is 12.1 Å². The van der Waals surface area contributed by atoms with Gasteiger partial charge in [-0.05, 0) is 43.0 Å². The molecule has 0 aliphatic carbocycles. The van der Waals surface area contributed by atoms with Crippen LogP contribution >= 0.6 is 15.9 Å². The molecule has 1 unspecified atom stereocenters. The maximum atomic E-state index is 13.3. The number of hydrogen-bond acceptors (Lipinski definition) is 7. The van der Waals surface area contributed by atoms with Crippen LogP contribution in [0.15, 0.2) is 35.4 Å². The molecule has 2 aliphatic heterocycles. The lowest BCUT2D eigenvalue weighted by Gasteiger charge is -2.21. The molecule has 0 saturated carbocycles. The molecule has 166 valence electrons. The smallest absolute Gasteiger partial charge is 0.340 e. The minimum atomic E-state index is -1.46. The van der Waals surface area contributed by atoms with Gasteiger partial charge in [0.2, 0.25) is 0 Å². The maximum absolute atomic E-state index is 13.3. The number of fused-ring (bicyclic) bond motifs is 7. The summed E-state index contributed by atoms with van der Waals surface area (Å²) in [6, 6.07) is 5.56. The van der Waals surface area contributed by atoms with Gasteiger partial charge in [-0.2, -0.15) is 0 Å². The second-order valence-electron chi connectivity index (χ2n) is 8.31. The average Bonchev–Trinajstić information content (AvgIpc) is 3.20. The Labute approximate surface area is 196 Å². The standard InChI is InChI=1S/C24H19BrN4O4/c25-6-2-1-3-12-14-10-29-18(9-13-15(23(29)31)11-33-24(32)22(13)30)20(14)28-16-4-5-17-21(19(12)16)27-8-7-26-17/h4-5,7-9,22,30H,1-3,6,10-11H2. The zero-order valence-electron chi connectivity index (χ0n) is 17.5. The first-order valence-electron chi connectivity index (χ1n) is 10.8. The fraction of sp³-hybridized carbons (Fsp3) is 0.292. The second-order valence-corrected chi connectivity index (χ2v) is 9.11. The molecular weight excluding hydrogens is 488 g/mol. The molecule has 1 N–H and O–H groups in total. The van der Waals surface area contributed by atoms with Crippen LogP contribution in [0.2, 0.25) is 0 Å². The van der Waals surface area contributed by atoms with Crippen LogP contribution in [0, 0.1) is 0 Å². The van der Waals surface area contributed by atoms with Gasteiger partial charge in [-0.25, -0.2) is 9.78 Å². The number of halogens is 1. The lowest BCUT2D eigenvalue weighted by Crippen LogP contribution is -2.32. The van der Waals surface area contributed by atoms with E-state index in [9.17, 15) is 14.7 Å². The molecule has 1 atom stereocenters. The van der Waals surface area contributed by atoms with Crippen molar-refractivity contribution in [2.75, 3.05) is 5.33 Å². The Morgan fingerprint density at radius 2 is 1.94 bits per heavy atom. The fourth-order valence-corrected chi connectivity index (χ4v) is 5.31. The third-order valence-electron chi connectivity index (χ3n) is 6.48. The fourth-order valence-electron chi connectivity index (χ4n) is 4.91. The number of aryl methyl sites for hydroxylation is 1. The number of rotatable bonds is 4.